The molecule has 2 rings (SSSR count). The van der Waals surface area contributed by atoms with Crippen LogP contribution in [0.25, 0.3) is 0 Å². The van der Waals surface area contributed by atoms with E-state index in [9.17, 15) is 0 Å². The van der Waals surface area contributed by atoms with Crippen LogP contribution in [0.4, 0.5) is 0 Å². The van der Waals surface area contributed by atoms with Crippen LogP contribution >= 0.6 is 0 Å². The van der Waals surface area contributed by atoms with Crippen molar-refractivity contribution in [2.75, 3.05) is 27.7 Å². The van der Waals surface area contributed by atoms with Crippen molar-refractivity contribution in [1.29, 1.82) is 0 Å². The van der Waals surface area contributed by atoms with Crippen molar-refractivity contribution in [3.05, 3.63) is 52.9 Å². The summed E-state index contributed by atoms with van der Waals surface area (Å²) < 4.78 is 5.44. The second-order valence-corrected chi connectivity index (χ2v) is 6.85. The quantitative estimate of drug-likeness (QED) is 0.524. The summed E-state index contributed by atoms with van der Waals surface area (Å²) in [5.74, 6) is 1.74. The fraction of sp³-hybridized carbons (Fsp3) is 0.524. The number of nitrogens with one attached hydrogen (secondary N) is 2. The third-order valence-electron chi connectivity index (χ3n) is 4.81. The maximum Gasteiger partial charge on any atom is 0.191 e. The summed E-state index contributed by atoms with van der Waals surface area (Å²) in [4.78, 5) is 6.61. The molecule has 6 heteroatoms. The first-order chi connectivity index (χ1) is 13.1. The van der Waals surface area contributed by atoms with Gasteiger partial charge in [0.2, 0.25) is 0 Å². The molecule has 1 atom stereocenters. The Morgan fingerprint density at radius 3 is 2.48 bits per heavy atom. The van der Waals surface area contributed by atoms with Gasteiger partial charge in [0.1, 0.15) is 5.76 Å². The Bertz CT molecular complexity index is 687. The summed E-state index contributed by atoms with van der Waals surface area (Å²) in [6.07, 6.45) is 2.70. The van der Waals surface area contributed by atoms with Crippen molar-refractivity contribution >= 4 is 5.96 Å². The highest BCUT2D eigenvalue weighted by molar-refractivity contribution is 5.79. The fourth-order valence-corrected chi connectivity index (χ4v) is 3.07. The predicted octanol–water partition coefficient (Wildman–Crippen LogP) is 2.64. The van der Waals surface area contributed by atoms with E-state index in [1.807, 2.05) is 0 Å². The Morgan fingerprint density at radius 2 is 1.89 bits per heavy atom. The summed E-state index contributed by atoms with van der Waals surface area (Å²) in [5, 5.41) is 11.0. The van der Waals surface area contributed by atoms with Crippen molar-refractivity contribution in [2.45, 2.75) is 45.7 Å². The first kappa shape index (κ1) is 21.0. The van der Waals surface area contributed by atoms with Crippen LogP contribution in [0.1, 0.15) is 36.4 Å². The molecule has 6 nitrogen and oxygen atoms in total. The number of likely N-dealkylation sites (N-methyl/N-ethyl adjacent to an activating group) is 1. The first-order valence-corrected chi connectivity index (χ1v) is 9.70. The third kappa shape index (κ3) is 6.10. The van der Waals surface area contributed by atoms with Crippen LogP contribution in [0.5, 0.6) is 0 Å². The number of guanidine groups is 1. The lowest BCUT2D eigenvalue weighted by Gasteiger charge is -2.25. The highest BCUT2D eigenvalue weighted by Gasteiger charge is 2.15. The summed E-state index contributed by atoms with van der Waals surface area (Å²) in [5.41, 5.74) is 3.51. The molecule has 2 N–H and O–H groups in total. The van der Waals surface area contributed by atoms with Gasteiger partial charge in [-0.05, 0) is 32.5 Å². The van der Waals surface area contributed by atoms with E-state index >= 15 is 0 Å². The minimum atomic E-state index is 0.374. The van der Waals surface area contributed by atoms with E-state index in [-0.39, 0.29) is 0 Å². The van der Waals surface area contributed by atoms with Crippen molar-refractivity contribution < 1.29 is 4.52 Å². The van der Waals surface area contributed by atoms with E-state index in [4.69, 9.17) is 4.52 Å². The molecule has 1 unspecified atom stereocenters. The van der Waals surface area contributed by atoms with Gasteiger partial charge in [-0.25, -0.2) is 0 Å². The standard InChI is InChI=1S/C21H33N5O/c1-6-19-18(20(7-2)27-25-19)15-24-21(22-3)23-14-17(26(4)5)13-16-11-9-8-10-12-16/h8-12,17H,6-7,13-15H2,1-5H3,(H2,22,23,24). The minimum Gasteiger partial charge on any atom is -0.361 e. The van der Waals surface area contributed by atoms with Crippen LogP contribution in [-0.2, 0) is 25.8 Å². The summed E-state index contributed by atoms with van der Waals surface area (Å²) >= 11 is 0. The van der Waals surface area contributed by atoms with Crippen LogP contribution in [0.2, 0.25) is 0 Å². The second-order valence-electron chi connectivity index (χ2n) is 6.85. The van der Waals surface area contributed by atoms with Crippen molar-refractivity contribution in [3.63, 3.8) is 0 Å². The van der Waals surface area contributed by atoms with Crippen LogP contribution in [0, 0.1) is 0 Å². The van der Waals surface area contributed by atoms with Gasteiger partial charge in [-0.2, -0.15) is 0 Å². The molecule has 2 aromatic rings. The molecule has 1 heterocycles. The molecule has 148 valence electrons. The molecule has 1 aromatic heterocycles. The number of hydrogen-bond donors (Lipinski definition) is 2. The molecular formula is C21H33N5O. The monoisotopic (exact) mass is 371 g/mol. The normalized spacial score (nSPS) is 13.0. The summed E-state index contributed by atoms with van der Waals surface area (Å²) in [7, 11) is 6.03. The van der Waals surface area contributed by atoms with Crippen LogP contribution in [0.15, 0.2) is 39.8 Å². The highest BCUT2D eigenvalue weighted by atomic mass is 16.5. The van der Waals surface area contributed by atoms with Gasteiger partial charge in [0.15, 0.2) is 5.96 Å². The van der Waals surface area contributed by atoms with E-state index in [1.54, 1.807) is 7.05 Å². The van der Waals surface area contributed by atoms with E-state index in [0.717, 1.165) is 48.8 Å². The van der Waals surface area contributed by atoms with Gasteiger partial charge < -0.3 is 20.1 Å². The van der Waals surface area contributed by atoms with Gasteiger partial charge in [0.05, 0.1) is 5.69 Å². The average Bonchev–Trinajstić information content (AvgIpc) is 3.09. The summed E-state index contributed by atoms with van der Waals surface area (Å²) in [6.45, 7) is 5.66. The molecule has 0 amide bonds. The third-order valence-corrected chi connectivity index (χ3v) is 4.81. The molecule has 0 spiro atoms. The van der Waals surface area contributed by atoms with Crippen LogP contribution < -0.4 is 10.6 Å². The van der Waals surface area contributed by atoms with Crippen LogP contribution in [0.3, 0.4) is 0 Å². The van der Waals surface area contributed by atoms with E-state index < -0.39 is 0 Å². The Balaban J connectivity index is 1.93. The molecule has 0 saturated carbocycles. The Morgan fingerprint density at radius 1 is 1.15 bits per heavy atom. The zero-order chi connectivity index (χ0) is 19.6. The van der Waals surface area contributed by atoms with E-state index in [0.29, 0.717) is 12.6 Å². The number of aromatic nitrogens is 1. The number of rotatable bonds is 9. The lowest BCUT2D eigenvalue weighted by molar-refractivity contribution is 0.290. The fourth-order valence-electron chi connectivity index (χ4n) is 3.07. The molecular weight excluding hydrogens is 338 g/mol. The van der Waals surface area contributed by atoms with E-state index in [1.165, 1.54) is 5.56 Å². The summed E-state index contributed by atoms with van der Waals surface area (Å²) in [6, 6.07) is 11.0. The second kappa shape index (κ2) is 10.7. The number of benzene rings is 1. The van der Waals surface area contributed by atoms with Gasteiger partial charge in [-0.3, -0.25) is 4.99 Å². The minimum absolute atomic E-state index is 0.374. The molecule has 1 aromatic carbocycles. The topological polar surface area (TPSA) is 65.7 Å². The molecule has 0 bridgehead atoms. The van der Waals surface area contributed by atoms with Gasteiger partial charge in [0.25, 0.3) is 0 Å². The zero-order valence-corrected chi connectivity index (χ0v) is 17.2. The predicted molar refractivity (Wildman–Crippen MR) is 111 cm³/mol. The Hall–Kier alpha value is -2.34. The molecule has 0 aliphatic rings. The van der Waals surface area contributed by atoms with Crippen LogP contribution in [-0.4, -0.2) is 49.7 Å². The number of aryl methyl sites for hydroxylation is 2. The number of hydrogen-bond acceptors (Lipinski definition) is 4. The highest BCUT2D eigenvalue weighted by Crippen LogP contribution is 2.15. The van der Waals surface area contributed by atoms with E-state index in [2.05, 4.69) is 84.0 Å². The first-order valence-electron chi connectivity index (χ1n) is 9.70. The molecule has 0 aliphatic heterocycles. The molecule has 0 radical (unpaired) electrons. The number of aliphatic imine (C=N–C) groups is 1. The lowest BCUT2D eigenvalue weighted by atomic mass is 10.1. The Labute approximate surface area is 163 Å². The van der Waals surface area contributed by atoms with Crippen molar-refractivity contribution in [2.24, 2.45) is 4.99 Å². The maximum atomic E-state index is 5.44. The molecule has 0 aliphatic carbocycles. The van der Waals surface area contributed by atoms with Gasteiger partial charge in [-0.1, -0.05) is 49.3 Å². The van der Waals surface area contributed by atoms with Crippen molar-refractivity contribution in [3.8, 4) is 0 Å². The molecule has 0 fully saturated rings. The zero-order valence-electron chi connectivity index (χ0n) is 17.2. The largest absolute Gasteiger partial charge is 0.361 e. The van der Waals surface area contributed by atoms with Gasteiger partial charge >= 0.3 is 0 Å². The van der Waals surface area contributed by atoms with Gasteiger partial charge in [-0.15, -0.1) is 0 Å². The average molecular weight is 372 g/mol. The molecule has 0 saturated heterocycles. The maximum absolute atomic E-state index is 5.44. The molecule has 27 heavy (non-hydrogen) atoms. The van der Waals surface area contributed by atoms with Crippen molar-refractivity contribution in [1.82, 2.24) is 20.7 Å². The smallest absolute Gasteiger partial charge is 0.191 e. The number of nitrogens with zero attached hydrogens (tertiary/aromatic N) is 3. The Kier molecular flexibility index (Phi) is 8.33. The lowest BCUT2D eigenvalue weighted by Crippen LogP contribution is -2.45. The SMILES string of the molecule is CCc1noc(CC)c1CNC(=NC)NCC(Cc1ccccc1)N(C)C. The van der Waals surface area contributed by atoms with Gasteiger partial charge in [0, 0.05) is 38.2 Å².